The van der Waals surface area contributed by atoms with Gasteiger partial charge in [-0.3, -0.25) is 10.1 Å². The van der Waals surface area contributed by atoms with Crippen molar-refractivity contribution in [1.29, 1.82) is 0 Å². The van der Waals surface area contributed by atoms with Crippen molar-refractivity contribution in [2.24, 2.45) is 0 Å². The number of rotatable bonds is 11. The SMILES string of the molecule is CCOC(=O)NC(CCC1=C(C(=O)OCC)C(c2cccc([N+](=O)[O-])c2)C(C(=O)OC)=C(C)N1)c1ccccc1. The molecule has 2 aromatic rings. The number of carbonyl (C=O) groups excluding carboxylic acids is 3. The third-order valence-corrected chi connectivity index (χ3v) is 6.41. The van der Waals surface area contributed by atoms with Gasteiger partial charge in [-0.05, 0) is 44.7 Å². The largest absolute Gasteiger partial charge is 0.466 e. The Kier molecular flexibility index (Phi) is 10.4. The van der Waals surface area contributed by atoms with Crippen LogP contribution in [-0.4, -0.2) is 43.3 Å². The summed E-state index contributed by atoms with van der Waals surface area (Å²) >= 11 is 0. The maximum absolute atomic E-state index is 13.4. The topological polar surface area (TPSA) is 146 Å². The first-order valence-corrected chi connectivity index (χ1v) is 12.9. The lowest BCUT2D eigenvalue weighted by atomic mass is 9.79. The van der Waals surface area contributed by atoms with Crippen LogP contribution in [0.4, 0.5) is 10.5 Å². The number of hydrogen-bond acceptors (Lipinski definition) is 9. The maximum atomic E-state index is 13.4. The molecule has 3 rings (SSSR count). The number of benzene rings is 2. The number of hydrogen-bond donors (Lipinski definition) is 2. The molecule has 1 amide bonds. The number of esters is 2. The standard InChI is InChI=1S/C29H33N3O8/c1-5-39-28(34)26-23(16-15-22(31-29(35)40-6-2)19-11-8-7-9-12-19)30-18(3)24(27(33)38-4)25(26)20-13-10-14-21(17-20)32(36)37/h7-14,17,22,25,30H,5-6,15-16H2,1-4H3,(H,31,35). The summed E-state index contributed by atoms with van der Waals surface area (Å²) < 4.78 is 15.5. The second-order valence-electron chi connectivity index (χ2n) is 8.92. The van der Waals surface area contributed by atoms with Crippen molar-refractivity contribution in [1.82, 2.24) is 10.6 Å². The molecule has 0 saturated heterocycles. The predicted octanol–water partition coefficient (Wildman–Crippen LogP) is 4.81. The minimum Gasteiger partial charge on any atom is -0.466 e. The van der Waals surface area contributed by atoms with Crippen molar-refractivity contribution < 1.29 is 33.5 Å². The number of amides is 1. The van der Waals surface area contributed by atoms with Gasteiger partial charge in [0.25, 0.3) is 5.69 Å². The Morgan fingerprint density at radius 1 is 1.00 bits per heavy atom. The van der Waals surface area contributed by atoms with Gasteiger partial charge in [0.05, 0.1) is 48.4 Å². The Bertz CT molecular complexity index is 1320. The van der Waals surface area contributed by atoms with Gasteiger partial charge in [0, 0.05) is 23.5 Å². The van der Waals surface area contributed by atoms with Crippen molar-refractivity contribution in [3.63, 3.8) is 0 Å². The normalized spacial score (nSPS) is 15.6. The summed E-state index contributed by atoms with van der Waals surface area (Å²) in [4.78, 5) is 49.7. The first-order chi connectivity index (χ1) is 19.2. The second-order valence-corrected chi connectivity index (χ2v) is 8.92. The zero-order chi connectivity index (χ0) is 29.2. The summed E-state index contributed by atoms with van der Waals surface area (Å²) in [6.07, 6.45) is 0.0412. The van der Waals surface area contributed by atoms with E-state index in [-0.39, 0.29) is 36.5 Å². The average molecular weight is 552 g/mol. The van der Waals surface area contributed by atoms with E-state index in [1.165, 1.54) is 25.3 Å². The van der Waals surface area contributed by atoms with Crippen LogP contribution in [0.25, 0.3) is 0 Å². The number of nitro groups is 1. The summed E-state index contributed by atoms with van der Waals surface area (Å²) in [7, 11) is 1.22. The quantitative estimate of drug-likeness (QED) is 0.174. The number of dihydropyridines is 1. The zero-order valence-corrected chi connectivity index (χ0v) is 22.9. The van der Waals surface area contributed by atoms with E-state index in [1.807, 2.05) is 30.3 Å². The Balaban J connectivity index is 2.12. The third-order valence-electron chi connectivity index (χ3n) is 6.41. The van der Waals surface area contributed by atoms with E-state index in [0.717, 1.165) is 5.56 Å². The average Bonchev–Trinajstić information content (AvgIpc) is 2.95. The van der Waals surface area contributed by atoms with Gasteiger partial charge in [0.15, 0.2) is 0 Å². The van der Waals surface area contributed by atoms with Crippen molar-refractivity contribution in [2.75, 3.05) is 20.3 Å². The molecule has 212 valence electrons. The molecule has 2 N–H and O–H groups in total. The first-order valence-electron chi connectivity index (χ1n) is 12.9. The predicted molar refractivity (Wildman–Crippen MR) is 146 cm³/mol. The lowest BCUT2D eigenvalue weighted by Gasteiger charge is -2.32. The fourth-order valence-electron chi connectivity index (χ4n) is 4.69. The van der Waals surface area contributed by atoms with Crippen molar-refractivity contribution >= 4 is 23.7 Å². The number of methoxy groups -OCH3 is 1. The van der Waals surface area contributed by atoms with Gasteiger partial charge in [-0.15, -0.1) is 0 Å². The highest BCUT2D eigenvalue weighted by Gasteiger charge is 2.39. The molecule has 2 unspecified atom stereocenters. The molecule has 0 bridgehead atoms. The lowest BCUT2D eigenvalue weighted by molar-refractivity contribution is -0.384. The highest BCUT2D eigenvalue weighted by molar-refractivity contribution is 6.00. The molecule has 40 heavy (non-hydrogen) atoms. The van der Waals surface area contributed by atoms with Crippen molar-refractivity contribution in [3.05, 3.63) is 98.4 Å². The van der Waals surface area contributed by atoms with Gasteiger partial charge in [0.1, 0.15) is 0 Å². The van der Waals surface area contributed by atoms with Crippen LogP contribution >= 0.6 is 0 Å². The highest BCUT2D eigenvalue weighted by Crippen LogP contribution is 2.41. The van der Waals surface area contributed by atoms with Crippen LogP contribution in [0.3, 0.4) is 0 Å². The molecule has 0 radical (unpaired) electrons. The van der Waals surface area contributed by atoms with Crippen molar-refractivity contribution in [3.8, 4) is 0 Å². The number of nitrogens with one attached hydrogen (secondary N) is 2. The van der Waals surface area contributed by atoms with E-state index in [9.17, 15) is 24.5 Å². The Hall–Kier alpha value is -4.67. The molecule has 1 heterocycles. The second kappa shape index (κ2) is 13.9. The smallest absolute Gasteiger partial charge is 0.407 e. The number of carbonyl (C=O) groups is 3. The van der Waals surface area contributed by atoms with Crippen molar-refractivity contribution in [2.45, 2.75) is 45.6 Å². The maximum Gasteiger partial charge on any atom is 0.407 e. The molecule has 2 atom stereocenters. The highest BCUT2D eigenvalue weighted by atomic mass is 16.6. The van der Waals surface area contributed by atoms with Crippen LogP contribution in [0.1, 0.15) is 56.7 Å². The van der Waals surface area contributed by atoms with Gasteiger partial charge in [-0.25, -0.2) is 14.4 Å². The fraction of sp³-hybridized carbons (Fsp3) is 0.345. The molecular weight excluding hydrogens is 518 g/mol. The summed E-state index contributed by atoms with van der Waals surface area (Å²) in [5.41, 5.74) is 2.18. The summed E-state index contributed by atoms with van der Waals surface area (Å²) in [5, 5.41) is 17.6. The molecule has 0 aliphatic carbocycles. The van der Waals surface area contributed by atoms with Crippen LogP contribution in [0.15, 0.2) is 77.1 Å². The van der Waals surface area contributed by atoms with Gasteiger partial charge in [-0.1, -0.05) is 42.5 Å². The number of allylic oxidation sites excluding steroid dienone is 2. The van der Waals surface area contributed by atoms with Crippen LogP contribution in [0.2, 0.25) is 0 Å². The van der Waals surface area contributed by atoms with E-state index < -0.39 is 34.9 Å². The molecule has 1 aliphatic heterocycles. The minimum absolute atomic E-state index is 0.0740. The number of ether oxygens (including phenoxy) is 3. The van der Waals surface area contributed by atoms with Gasteiger partial charge < -0.3 is 24.8 Å². The Morgan fingerprint density at radius 2 is 1.70 bits per heavy atom. The number of alkyl carbamates (subject to hydrolysis) is 1. The molecular formula is C29H33N3O8. The third kappa shape index (κ3) is 7.04. The fourth-order valence-corrected chi connectivity index (χ4v) is 4.69. The molecule has 11 heteroatoms. The summed E-state index contributed by atoms with van der Waals surface area (Å²) in [6, 6.07) is 14.6. The number of nitro benzene ring substituents is 1. The minimum atomic E-state index is -0.990. The molecule has 0 saturated carbocycles. The Morgan fingerprint density at radius 3 is 2.33 bits per heavy atom. The molecule has 0 fully saturated rings. The monoisotopic (exact) mass is 551 g/mol. The molecule has 2 aromatic carbocycles. The molecule has 0 aromatic heterocycles. The summed E-state index contributed by atoms with van der Waals surface area (Å²) in [5.74, 6) is -2.35. The van der Waals surface area contributed by atoms with E-state index in [4.69, 9.17) is 14.2 Å². The van der Waals surface area contributed by atoms with Gasteiger partial charge in [-0.2, -0.15) is 0 Å². The molecule has 11 nitrogen and oxygen atoms in total. The van der Waals surface area contributed by atoms with Crippen LogP contribution in [-0.2, 0) is 23.8 Å². The van der Waals surface area contributed by atoms with Crippen LogP contribution in [0.5, 0.6) is 0 Å². The van der Waals surface area contributed by atoms with E-state index in [2.05, 4.69) is 10.6 Å². The number of nitrogens with zero attached hydrogens (tertiary/aromatic N) is 1. The van der Waals surface area contributed by atoms with Gasteiger partial charge >= 0.3 is 18.0 Å². The van der Waals surface area contributed by atoms with Crippen LogP contribution in [0, 0.1) is 10.1 Å². The van der Waals surface area contributed by atoms with Crippen LogP contribution < -0.4 is 10.6 Å². The van der Waals surface area contributed by atoms with E-state index in [0.29, 0.717) is 23.4 Å². The molecule has 1 aliphatic rings. The lowest BCUT2D eigenvalue weighted by Crippen LogP contribution is -2.34. The number of non-ortho nitro benzene ring substituents is 1. The van der Waals surface area contributed by atoms with E-state index in [1.54, 1.807) is 26.8 Å². The van der Waals surface area contributed by atoms with Gasteiger partial charge in [0.2, 0.25) is 0 Å². The zero-order valence-electron chi connectivity index (χ0n) is 22.9. The van der Waals surface area contributed by atoms with E-state index >= 15 is 0 Å². The molecule has 0 spiro atoms. The summed E-state index contributed by atoms with van der Waals surface area (Å²) in [6.45, 7) is 5.32. The Labute approximate surface area is 232 Å². The first kappa shape index (κ1) is 29.9.